The Morgan fingerprint density at radius 3 is 1.28 bits per heavy atom. The van der Waals surface area contributed by atoms with E-state index >= 15 is 0 Å². The standard InChI is InChI=1S/2C21H23.C2H7Si.Hf/c2*1-14(2)11-17-12-18-8-6-10-20(21(18)13-17)19-9-5-7-15(3)16(19)4;1-3-2;/h2*5-10,12-14H,11H2,1-4H3;3H,1-2H3;. The molecule has 0 saturated carbocycles. The molecular formula is C44H53HfSi. The van der Waals surface area contributed by atoms with Crippen LogP contribution in [-0.4, -0.2) is 5.98 Å². The van der Waals surface area contributed by atoms with Gasteiger partial charge in [-0.15, -0.1) is 0 Å². The molecule has 2 heteroatoms. The topological polar surface area (TPSA) is 0 Å². The van der Waals surface area contributed by atoms with Crippen LogP contribution in [0.1, 0.15) is 92.4 Å². The van der Waals surface area contributed by atoms with Gasteiger partial charge in [-0.3, -0.25) is 0 Å². The van der Waals surface area contributed by atoms with Gasteiger partial charge in [-0.1, -0.05) is 0 Å². The minimum atomic E-state index is -2.46. The van der Waals surface area contributed by atoms with Gasteiger partial charge in [0.1, 0.15) is 0 Å². The Bertz CT molecular complexity index is 1700. The van der Waals surface area contributed by atoms with E-state index in [4.69, 9.17) is 0 Å². The van der Waals surface area contributed by atoms with E-state index in [2.05, 4.69) is 153 Å². The van der Waals surface area contributed by atoms with Crippen molar-refractivity contribution in [3.63, 3.8) is 0 Å². The first-order chi connectivity index (χ1) is 22.0. The van der Waals surface area contributed by atoms with E-state index in [-0.39, 0.29) is 0 Å². The molecule has 0 fully saturated rings. The first-order valence-corrected chi connectivity index (χ1v) is 30.9. The molecule has 4 aromatic rings. The summed E-state index contributed by atoms with van der Waals surface area (Å²) in [7, 11) is 0. The molecule has 0 aliphatic heterocycles. The van der Waals surface area contributed by atoms with Crippen molar-refractivity contribution in [3.8, 4) is 22.3 Å². The van der Waals surface area contributed by atoms with Crippen molar-refractivity contribution in [3.05, 3.63) is 128 Å². The number of rotatable bonds is 9. The van der Waals surface area contributed by atoms with Crippen LogP contribution in [0.25, 0.3) is 34.4 Å². The van der Waals surface area contributed by atoms with Crippen molar-refractivity contribution in [2.45, 2.75) is 88.7 Å². The SMILES string of the molecule is Cc1cccc(-c2cccc3c2C=C(CC(C)C)[CH]3[Hf]([CH]2C(CC(C)C)=Cc3c(-c4cccc(C)c4C)cccc32)[SiH](C)C)c1C. The van der Waals surface area contributed by atoms with Crippen molar-refractivity contribution >= 4 is 18.1 Å². The van der Waals surface area contributed by atoms with Crippen LogP contribution in [0.5, 0.6) is 0 Å². The van der Waals surface area contributed by atoms with Crippen LogP contribution in [0, 0.1) is 39.5 Å². The van der Waals surface area contributed by atoms with Crippen molar-refractivity contribution in [2.75, 3.05) is 0 Å². The molecule has 46 heavy (non-hydrogen) atoms. The Kier molecular flexibility index (Phi) is 9.80. The molecular weight excluding hydrogens is 735 g/mol. The number of hydrogen-bond donors (Lipinski definition) is 0. The molecule has 0 nitrogen and oxygen atoms in total. The molecule has 2 aliphatic rings. The first-order valence-electron chi connectivity index (χ1n) is 17.6. The second-order valence-electron chi connectivity index (χ2n) is 15.3. The van der Waals surface area contributed by atoms with Crippen molar-refractivity contribution in [1.82, 2.24) is 0 Å². The molecule has 237 valence electrons. The molecule has 2 unspecified atom stereocenters. The van der Waals surface area contributed by atoms with Gasteiger partial charge in [0.15, 0.2) is 0 Å². The number of aryl methyl sites for hydroxylation is 2. The molecule has 0 spiro atoms. The van der Waals surface area contributed by atoms with Gasteiger partial charge in [0, 0.05) is 0 Å². The van der Waals surface area contributed by atoms with Gasteiger partial charge in [0.2, 0.25) is 0 Å². The number of fused-ring (bicyclic) bond motifs is 2. The summed E-state index contributed by atoms with van der Waals surface area (Å²) >= 11 is -2.46. The molecule has 0 saturated heterocycles. The van der Waals surface area contributed by atoms with Gasteiger partial charge in [-0.25, -0.2) is 0 Å². The number of hydrogen-bond acceptors (Lipinski definition) is 0. The molecule has 2 atom stereocenters. The summed E-state index contributed by atoms with van der Waals surface area (Å²) < 4.78 is 1.35. The van der Waals surface area contributed by atoms with E-state index in [1.165, 1.54) is 68.5 Å². The Hall–Kier alpha value is -2.55. The first kappa shape index (κ1) is 33.4. The second kappa shape index (κ2) is 13.5. The average molecular weight is 788 g/mol. The summed E-state index contributed by atoms with van der Waals surface area (Å²) in [5, 5.41) is 0. The fraction of sp³-hybridized carbons (Fsp3) is 0.364. The van der Waals surface area contributed by atoms with Crippen LogP contribution < -0.4 is 0 Å². The molecule has 0 amide bonds. The molecule has 4 aromatic carbocycles. The monoisotopic (exact) mass is 789 g/mol. The average Bonchev–Trinajstić information content (AvgIpc) is 3.53. The maximum atomic E-state index is 2.72. The fourth-order valence-corrected chi connectivity index (χ4v) is 40.7. The summed E-state index contributed by atoms with van der Waals surface area (Å²) in [6, 6.07) is 28.3. The zero-order valence-corrected chi connectivity index (χ0v) is 34.6. The van der Waals surface area contributed by atoms with Crippen LogP contribution >= 0.6 is 0 Å². The Labute approximate surface area is 288 Å². The van der Waals surface area contributed by atoms with Crippen LogP contribution in [0.4, 0.5) is 0 Å². The predicted octanol–water partition coefficient (Wildman–Crippen LogP) is 12.5. The third-order valence-electron chi connectivity index (χ3n) is 10.7. The summed E-state index contributed by atoms with van der Waals surface area (Å²) in [5.41, 5.74) is 21.2. The normalized spacial score (nSPS) is 17.1. The molecule has 0 aromatic heterocycles. The summed E-state index contributed by atoms with van der Waals surface area (Å²) in [6.07, 6.45) is 7.80. The molecule has 0 N–H and O–H groups in total. The van der Waals surface area contributed by atoms with Gasteiger partial charge in [-0.05, 0) is 0 Å². The van der Waals surface area contributed by atoms with Gasteiger partial charge >= 0.3 is 290 Å². The van der Waals surface area contributed by atoms with E-state index in [1.54, 1.807) is 22.3 Å². The van der Waals surface area contributed by atoms with Gasteiger partial charge in [0.25, 0.3) is 0 Å². The minimum absolute atomic E-state index is 0.658. The van der Waals surface area contributed by atoms with Crippen LogP contribution in [0.2, 0.25) is 13.1 Å². The number of benzene rings is 4. The second-order valence-corrected chi connectivity index (χ2v) is 43.2. The van der Waals surface area contributed by atoms with Crippen molar-refractivity contribution < 1.29 is 20.6 Å². The third kappa shape index (κ3) is 6.10. The van der Waals surface area contributed by atoms with E-state index in [9.17, 15) is 0 Å². The van der Waals surface area contributed by atoms with Crippen LogP contribution in [0.3, 0.4) is 0 Å². The molecule has 0 radical (unpaired) electrons. The zero-order chi connectivity index (χ0) is 32.9. The maximum absolute atomic E-state index is 2.72. The summed E-state index contributed by atoms with van der Waals surface area (Å²) in [4.78, 5) is 0. The Morgan fingerprint density at radius 2 is 0.913 bits per heavy atom. The van der Waals surface area contributed by atoms with Crippen molar-refractivity contribution in [1.29, 1.82) is 0 Å². The number of allylic oxidation sites excluding steroid dienone is 2. The molecule has 0 bridgehead atoms. The molecule has 6 rings (SSSR count). The van der Waals surface area contributed by atoms with Gasteiger partial charge < -0.3 is 0 Å². The fourth-order valence-electron chi connectivity index (χ4n) is 8.40. The van der Waals surface area contributed by atoms with Crippen molar-refractivity contribution in [2.24, 2.45) is 11.8 Å². The van der Waals surface area contributed by atoms with E-state index in [1.807, 2.05) is 0 Å². The molecule has 0 heterocycles. The quantitative estimate of drug-likeness (QED) is 0.148. The third-order valence-corrected chi connectivity index (χ3v) is 41.6. The van der Waals surface area contributed by atoms with Gasteiger partial charge in [-0.2, -0.15) is 0 Å². The van der Waals surface area contributed by atoms with E-state index in [0.717, 1.165) is 0 Å². The van der Waals surface area contributed by atoms with E-state index < -0.39 is 26.6 Å². The predicted molar refractivity (Wildman–Crippen MR) is 202 cm³/mol. The Morgan fingerprint density at radius 1 is 0.543 bits per heavy atom. The van der Waals surface area contributed by atoms with Crippen LogP contribution in [-0.2, 0) is 20.6 Å². The Balaban J connectivity index is 1.55. The molecule has 2 aliphatic carbocycles. The van der Waals surface area contributed by atoms with E-state index in [0.29, 0.717) is 19.2 Å². The zero-order valence-electron chi connectivity index (χ0n) is 29.9. The summed E-state index contributed by atoms with van der Waals surface area (Å²) in [5.74, 6) is 0.356. The van der Waals surface area contributed by atoms with Gasteiger partial charge in [0.05, 0.1) is 0 Å². The summed E-state index contributed by atoms with van der Waals surface area (Å²) in [6.45, 7) is 24.3. The van der Waals surface area contributed by atoms with Crippen LogP contribution in [0.15, 0.2) is 83.9 Å².